The predicted molar refractivity (Wildman–Crippen MR) is 79.1 cm³/mol. The smallest absolute Gasteiger partial charge is 0.337 e. The Morgan fingerprint density at radius 3 is 2.70 bits per heavy atom. The van der Waals surface area contributed by atoms with Crippen LogP contribution in [0.25, 0.3) is 0 Å². The van der Waals surface area contributed by atoms with Gasteiger partial charge in [-0.3, -0.25) is 4.79 Å². The minimum atomic E-state index is -1.10. The van der Waals surface area contributed by atoms with Crippen molar-refractivity contribution in [2.24, 2.45) is 11.7 Å². The van der Waals surface area contributed by atoms with Crippen molar-refractivity contribution in [2.45, 2.75) is 26.2 Å². The van der Waals surface area contributed by atoms with Gasteiger partial charge in [0.25, 0.3) is 0 Å². The van der Waals surface area contributed by atoms with Gasteiger partial charge in [0, 0.05) is 11.4 Å². The van der Waals surface area contributed by atoms with Crippen molar-refractivity contribution in [3.8, 4) is 0 Å². The molecule has 0 spiro atoms. The number of carbonyl (C=O) groups is 2. The van der Waals surface area contributed by atoms with Crippen molar-refractivity contribution in [1.82, 2.24) is 0 Å². The van der Waals surface area contributed by atoms with E-state index < -0.39 is 5.97 Å². The SMILES string of the molecule is CC(CCN)CCC(=O)Nc1cc(Cl)ccc1C(=O)O. The first-order chi connectivity index (χ1) is 9.43. The summed E-state index contributed by atoms with van der Waals surface area (Å²) >= 11 is 5.82. The van der Waals surface area contributed by atoms with Crippen molar-refractivity contribution in [3.63, 3.8) is 0 Å². The molecule has 0 aromatic heterocycles. The molecule has 1 rings (SSSR count). The van der Waals surface area contributed by atoms with Gasteiger partial charge >= 0.3 is 5.97 Å². The number of hydrogen-bond acceptors (Lipinski definition) is 3. The van der Waals surface area contributed by atoms with Crippen molar-refractivity contribution >= 4 is 29.2 Å². The second-order valence-electron chi connectivity index (χ2n) is 4.76. The van der Waals surface area contributed by atoms with E-state index in [1.54, 1.807) is 0 Å². The zero-order chi connectivity index (χ0) is 15.1. The van der Waals surface area contributed by atoms with Crippen LogP contribution < -0.4 is 11.1 Å². The number of anilines is 1. The number of benzene rings is 1. The van der Waals surface area contributed by atoms with Gasteiger partial charge < -0.3 is 16.2 Å². The standard InChI is InChI=1S/C14H19ClN2O3/c1-9(6-7-16)2-5-13(18)17-12-8-10(15)3-4-11(12)14(19)20/h3-4,8-9H,2,5-7,16H2,1H3,(H,17,18)(H,19,20). The van der Waals surface area contributed by atoms with Gasteiger partial charge in [-0.05, 0) is 43.5 Å². The fourth-order valence-corrected chi connectivity index (χ4v) is 2.00. The molecule has 1 aromatic carbocycles. The summed E-state index contributed by atoms with van der Waals surface area (Å²) in [5.74, 6) is -0.962. The van der Waals surface area contributed by atoms with Crippen LogP contribution in [0.3, 0.4) is 0 Å². The topological polar surface area (TPSA) is 92.4 Å². The fourth-order valence-electron chi connectivity index (χ4n) is 1.83. The van der Waals surface area contributed by atoms with Crippen LogP contribution in [-0.4, -0.2) is 23.5 Å². The number of carbonyl (C=O) groups excluding carboxylic acids is 1. The Labute approximate surface area is 123 Å². The predicted octanol–water partition coefficient (Wildman–Crippen LogP) is 2.74. The van der Waals surface area contributed by atoms with E-state index >= 15 is 0 Å². The number of carboxylic acid groups (broad SMARTS) is 1. The Bertz CT molecular complexity index is 491. The third-order valence-corrected chi connectivity index (χ3v) is 3.24. The van der Waals surface area contributed by atoms with E-state index in [0.29, 0.717) is 30.3 Å². The van der Waals surface area contributed by atoms with Gasteiger partial charge in [0.15, 0.2) is 0 Å². The second kappa shape index (κ2) is 7.87. The van der Waals surface area contributed by atoms with Crippen LogP contribution in [-0.2, 0) is 4.79 Å². The molecule has 1 aromatic rings. The minimum Gasteiger partial charge on any atom is -0.478 e. The van der Waals surface area contributed by atoms with Gasteiger partial charge in [-0.25, -0.2) is 4.79 Å². The van der Waals surface area contributed by atoms with Crippen molar-refractivity contribution < 1.29 is 14.7 Å². The highest BCUT2D eigenvalue weighted by atomic mass is 35.5. The summed E-state index contributed by atoms with van der Waals surface area (Å²) < 4.78 is 0. The molecule has 0 bridgehead atoms. The normalized spacial score (nSPS) is 11.9. The Hall–Kier alpha value is -1.59. The molecule has 5 nitrogen and oxygen atoms in total. The minimum absolute atomic E-state index is 0.0257. The quantitative estimate of drug-likeness (QED) is 0.721. The van der Waals surface area contributed by atoms with Gasteiger partial charge in [0.1, 0.15) is 0 Å². The number of halogens is 1. The molecule has 1 unspecified atom stereocenters. The molecule has 0 aliphatic carbocycles. The molecular formula is C14H19ClN2O3. The Balaban J connectivity index is 2.66. The van der Waals surface area contributed by atoms with E-state index in [9.17, 15) is 9.59 Å². The lowest BCUT2D eigenvalue weighted by Gasteiger charge is -2.11. The highest BCUT2D eigenvalue weighted by Gasteiger charge is 2.13. The van der Waals surface area contributed by atoms with E-state index in [1.807, 2.05) is 6.92 Å². The Kier molecular flexibility index (Phi) is 6.48. The van der Waals surface area contributed by atoms with Crippen LogP contribution >= 0.6 is 11.6 Å². The number of nitrogens with one attached hydrogen (secondary N) is 1. The Morgan fingerprint density at radius 1 is 1.40 bits per heavy atom. The van der Waals surface area contributed by atoms with Crippen molar-refractivity contribution in [2.75, 3.05) is 11.9 Å². The summed E-state index contributed by atoms with van der Waals surface area (Å²) in [4.78, 5) is 22.9. The third kappa shape index (κ3) is 5.19. The van der Waals surface area contributed by atoms with Crippen LogP contribution in [0, 0.1) is 5.92 Å². The first-order valence-corrected chi connectivity index (χ1v) is 6.84. The molecular weight excluding hydrogens is 280 g/mol. The molecule has 1 amide bonds. The zero-order valence-electron chi connectivity index (χ0n) is 11.4. The monoisotopic (exact) mass is 298 g/mol. The van der Waals surface area contributed by atoms with Crippen LogP contribution in [0.4, 0.5) is 5.69 Å². The lowest BCUT2D eigenvalue weighted by Crippen LogP contribution is -2.16. The average molecular weight is 299 g/mol. The van der Waals surface area contributed by atoms with Crippen LogP contribution in [0.1, 0.15) is 36.5 Å². The fraction of sp³-hybridized carbons (Fsp3) is 0.429. The van der Waals surface area contributed by atoms with Gasteiger partial charge in [-0.15, -0.1) is 0 Å². The highest BCUT2D eigenvalue weighted by Crippen LogP contribution is 2.22. The molecule has 0 fully saturated rings. The summed E-state index contributed by atoms with van der Waals surface area (Å²) in [6, 6.07) is 4.29. The van der Waals surface area contributed by atoms with Crippen LogP contribution in [0.5, 0.6) is 0 Å². The zero-order valence-corrected chi connectivity index (χ0v) is 12.1. The lowest BCUT2D eigenvalue weighted by molar-refractivity contribution is -0.116. The van der Waals surface area contributed by atoms with E-state index in [-0.39, 0.29) is 17.2 Å². The molecule has 20 heavy (non-hydrogen) atoms. The molecule has 6 heteroatoms. The van der Waals surface area contributed by atoms with E-state index in [0.717, 1.165) is 6.42 Å². The molecule has 0 radical (unpaired) electrons. The lowest BCUT2D eigenvalue weighted by atomic mass is 10.0. The molecule has 0 aliphatic heterocycles. The number of carboxylic acids is 1. The molecule has 0 saturated heterocycles. The second-order valence-corrected chi connectivity index (χ2v) is 5.20. The molecule has 1 atom stereocenters. The molecule has 0 heterocycles. The van der Waals surface area contributed by atoms with Crippen LogP contribution in [0.15, 0.2) is 18.2 Å². The summed E-state index contributed by atoms with van der Waals surface area (Å²) in [6.07, 6.45) is 1.91. The first-order valence-electron chi connectivity index (χ1n) is 6.46. The third-order valence-electron chi connectivity index (χ3n) is 3.01. The van der Waals surface area contributed by atoms with Gasteiger partial charge in [-0.2, -0.15) is 0 Å². The van der Waals surface area contributed by atoms with Crippen LogP contribution in [0.2, 0.25) is 5.02 Å². The van der Waals surface area contributed by atoms with Crippen molar-refractivity contribution in [3.05, 3.63) is 28.8 Å². The maximum Gasteiger partial charge on any atom is 0.337 e. The molecule has 4 N–H and O–H groups in total. The average Bonchev–Trinajstić information content (AvgIpc) is 2.36. The number of aromatic carboxylic acids is 1. The van der Waals surface area contributed by atoms with E-state index in [2.05, 4.69) is 5.32 Å². The van der Waals surface area contributed by atoms with Gasteiger partial charge in [0.2, 0.25) is 5.91 Å². The summed E-state index contributed by atoms with van der Waals surface area (Å²) in [7, 11) is 0. The first kappa shape index (κ1) is 16.5. The highest BCUT2D eigenvalue weighted by molar-refractivity contribution is 6.31. The number of rotatable bonds is 7. The van der Waals surface area contributed by atoms with Gasteiger partial charge in [-0.1, -0.05) is 18.5 Å². The maximum atomic E-state index is 11.8. The molecule has 0 saturated carbocycles. The van der Waals surface area contributed by atoms with E-state index in [1.165, 1.54) is 18.2 Å². The summed E-state index contributed by atoms with van der Waals surface area (Å²) in [5.41, 5.74) is 5.70. The number of hydrogen-bond donors (Lipinski definition) is 3. The molecule has 0 aliphatic rings. The summed E-state index contributed by atoms with van der Waals surface area (Å²) in [6.45, 7) is 2.63. The summed E-state index contributed by atoms with van der Waals surface area (Å²) in [5, 5.41) is 12.0. The Morgan fingerprint density at radius 2 is 2.10 bits per heavy atom. The largest absolute Gasteiger partial charge is 0.478 e. The maximum absolute atomic E-state index is 11.8. The number of amides is 1. The van der Waals surface area contributed by atoms with Crippen molar-refractivity contribution in [1.29, 1.82) is 0 Å². The molecule has 110 valence electrons. The van der Waals surface area contributed by atoms with Gasteiger partial charge in [0.05, 0.1) is 11.3 Å². The number of nitrogens with two attached hydrogens (primary N) is 1. The van der Waals surface area contributed by atoms with E-state index in [4.69, 9.17) is 22.4 Å².